The van der Waals surface area contributed by atoms with Gasteiger partial charge in [0.2, 0.25) is 0 Å². The quantitative estimate of drug-likeness (QED) is 0.500. The Morgan fingerprint density at radius 2 is 1.78 bits per heavy atom. The van der Waals surface area contributed by atoms with Gasteiger partial charge < -0.3 is 0 Å². The Kier molecular flexibility index (Phi) is 7.11. The van der Waals surface area contributed by atoms with E-state index < -0.39 is 0 Å². The summed E-state index contributed by atoms with van der Waals surface area (Å²) in [4.78, 5) is 14.7. The molecule has 0 radical (unpaired) electrons. The van der Waals surface area contributed by atoms with E-state index in [2.05, 4.69) is 41.3 Å². The molecule has 2 aromatic carbocycles. The molecule has 0 aromatic heterocycles. The third-order valence-corrected chi connectivity index (χ3v) is 7.03. The van der Waals surface area contributed by atoms with Gasteiger partial charge in [0.05, 0.1) is 0 Å². The van der Waals surface area contributed by atoms with E-state index in [0.717, 1.165) is 0 Å². The van der Waals surface area contributed by atoms with E-state index in [1.165, 1.54) is 17.1 Å². The molecule has 0 saturated heterocycles. The van der Waals surface area contributed by atoms with Crippen LogP contribution < -0.4 is 4.46 Å². The van der Waals surface area contributed by atoms with Gasteiger partial charge >= 0.3 is 167 Å². The van der Waals surface area contributed by atoms with Crippen molar-refractivity contribution in [2.45, 2.75) is 30.9 Å². The average Bonchev–Trinajstić information content (AvgIpc) is 2.71. The molecule has 2 aromatic rings. The van der Waals surface area contributed by atoms with Crippen LogP contribution in [0.5, 0.6) is 0 Å². The Labute approximate surface area is 167 Å². The second kappa shape index (κ2) is 9.75. The molecule has 1 aliphatic rings. The van der Waals surface area contributed by atoms with Crippen LogP contribution in [-0.4, -0.2) is 45.8 Å². The van der Waals surface area contributed by atoms with Crippen molar-refractivity contribution in [2.75, 3.05) is 13.7 Å². The molecule has 0 aliphatic carbocycles. The predicted molar refractivity (Wildman–Crippen MR) is 108 cm³/mol. The fraction of sp³-hybridized carbons (Fsp3) is 0.318. The molecule has 5 heteroatoms. The van der Waals surface area contributed by atoms with Crippen molar-refractivity contribution in [3.05, 3.63) is 78.0 Å². The Morgan fingerprint density at radius 1 is 1.11 bits per heavy atom. The van der Waals surface area contributed by atoms with Crippen molar-refractivity contribution in [3.8, 4) is 0 Å². The van der Waals surface area contributed by atoms with Crippen LogP contribution in [0, 0.1) is 0 Å². The summed E-state index contributed by atoms with van der Waals surface area (Å²) in [7, 11) is 1.44. The minimum atomic E-state index is -0.253. The van der Waals surface area contributed by atoms with Gasteiger partial charge in [-0.2, -0.15) is 0 Å². The van der Waals surface area contributed by atoms with Crippen molar-refractivity contribution in [1.29, 1.82) is 0 Å². The number of ether oxygens (including phenoxy) is 2. The van der Waals surface area contributed by atoms with Crippen molar-refractivity contribution < 1.29 is 14.3 Å². The summed E-state index contributed by atoms with van der Waals surface area (Å²) < 4.78 is 12.5. The van der Waals surface area contributed by atoms with Gasteiger partial charge in [0.15, 0.2) is 0 Å². The molecule has 0 unspecified atom stereocenters. The molecule has 2 atom stereocenters. The SMILES string of the molecule is CCO[C@@H]1[C@@H]([Se]c2ccccc2)CC(C(=O)OC)=CN1Cc1ccccc1. The molecule has 27 heavy (non-hydrogen) atoms. The van der Waals surface area contributed by atoms with Gasteiger partial charge in [0.1, 0.15) is 0 Å². The molecule has 1 aliphatic heterocycles. The van der Waals surface area contributed by atoms with Crippen LogP contribution in [0.1, 0.15) is 18.9 Å². The number of rotatable bonds is 7. The summed E-state index contributed by atoms with van der Waals surface area (Å²) in [5.41, 5.74) is 1.91. The average molecular weight is 430 g/mol. The van der Waals surface area contributed by atoms with E-state index in [-0.39, 0.29) is 32.0 Å². The summed E-state index contributed by atoms with van der Waals surface area (Å²) in [6.45, 7) is 3.36. The molecule has 0 saturated carbocycles. The summed E-state index contributed by atoms with van der Waals surface area (Å²) in [6.07, 6.45) is 2.55. The molecule has 0 bridgehead atoms. The summed E-state index contributed by atoms with van der Waals surface area (Å²) >= 11 is 0.184. The van der Waals surface area contributed by atoms with Crippen molar-refractivity contribution in [2.24, 2.45) is 0 Å². The summed E-state index contributed by atoms with van der Waals surface area (Å²) in [6, 6.07) is 20.7. The van der Waals surface area contributed by atoms with Crippen LogP contribution in [0.25, 0.3) is 0 Å². The first-order valence-corrected chi connectivity index (χ1v) is 11.0. The zero-order chi connectivity index (χ0) is 19.1. The van der Waals surface area contributed by atoms with Crippen LogP contribution >= 0.6 is 0 Å². The van der Waals surface area contributed by atoms with E-state index >= 15 is 0 Å². The monoisotopic (exact) mass is 431 g/mol. The van der Waals surface area contributed by atoms with E-state index in [9.17, 15) is 4.79 Å². The fourth-order valence-electron chi connectivity index (χ4n) is 3.20. The molecular weight excluding hydrogens is 405 g/mol. The molecule has 0 amide bonds. The number of carbonyl (C=O) groups is 1. The van der Waals surface area contributed by atoms with Crippen LogP contribution in [0.2, 0.25) is 4.82 Å². The number of nitrogens with zero attached hydrogens (tertiary/aromatic N) is 1. The summed E-state index contributed by atoms with van der Waals surface area (Å²) in [5.74, 6) is -0.253. The van der Waals surface area contributed by atoms with E-state index in [4.69, 9.17) is 9.47 Å². The van der Waals surface area contributed by atoms with Gasteiger partial charge in [0.25, 0.3) is 0 Å². The zero-order valence-corrected chi connectivity index (χ0v) is 17.4. The maximum atomic E-state index is 12.3. The van der Waals surface area contributed by atoms with Gasteiger partial charge in [-0.1, -0.05) is 0 Å². The number of hydrogen-bond acceptors (Lipinski definition) is 4. The first-order valence-electron chi connectivity index (χ1n) is 9.13. The Hall–Kier alpha value is -2.07. The van der Waals surface area contributed by atoms with Gasteiger partial charge in [-0.3, -0.25) is 0 Å². The van der Waals surface area contributed by atoms with E-state index in [0.29, 0.717) is 25.1 Å². The number of benzene rings is 2. The van der Waals surface area contributed by atoms with Crippen LogP contribution in [0.15, 0.2) is 72.4 Å². The van der Waals surface area contributed by atoms with Gasteiger partial charge in [-0.05, 0) is 0 Å². The van der Waals surface area contributed by atoms with Crippen LogP contribution in [-0.2, 0) is 20.8 Å². The zero-order valence-electron chi connectivity index (χ0n) is 15.7. The molecule has 4 nitrogen and oxygen atoms in total. The number of esters is 1. The maximum absolute atomic E-state index is 12.3. The van der Waals surface area contributed by atoms with Crippen LogP contribution in [0.4, 0.5) is 0 Å². The Morgan fingerprint density at radius 3 is 2.41 bits per heavy atom. The first-order chi connectivity index (χ1) is 13.2. The van der Waals surface area contributed by atoms with Gasteiger partial charge in [0, 0.05) is 0 Å². The van der Waals surface area contributed by atoms with Crippen molar-refractivity contribution in [1.82, 2.24) is 4.90 Å². The molecule has 3 rings (SSSR count). The summed E-state index contributed by atoms with van der Waals surface area (Å²) in [5, 5.41) is 0. The molecule has 0 N–H and O–H groups in total. The van der Waals surface area contributed by atoms with Gasteiger partial charge in [-0.25, -0.2) is 0 Å². The molecule has 0 fully saturated rings. The molecular formula is C22H25NO3Se. The normalized spacial score (nSPS) is 19.5. The number of methoxy groups -OCH3 is 1. The van der Waals surface area contributed by atoms with Crippen molar-refractivity contribution in [3.63, 3.8) is 0 Å². The third-order valence-electron chi connectivity index (χ3n) is 4.41. The fourth-order valence-corrected chi connectivity index (χ4v) is 5.88. The van der Waals surface area contributed by atoms with E-state index in [1.54, 1.807) is 0 Å². The molecule has 0 spiro atoms. The Balaban J connectivity index is 1.89. The standard InChI is InChI=1S/C22H25NO3Se/c1-3-26-21-20(27-19-12-8-5-9-13-19)14-18(22(24)25-2)16-23(21)15-17-10-6-4-7-11-17/h4-13,16,20-21H,3,14-15H2,1-2H3/t20-,21+/m0/s1. The van der Waals surface area contributed by atoms with Gasteiger partial charge in [-0.15, -0.1) is 0 Å². The second-order valence-electron chi connectivity index (χ2n) is 6.32. The van der Waals surface area contributed by atoms with Crippen molar-refractivity contribution >= 4 is 25.4 Å². The minimum absolute atomic E-state index is 0.0520. The second-order valence-corrected chi connectivity index (χ2v) is 9.08. The Bertz CT molecular complexity index is 764. The third kappa shape index (κ3) is 5.23. The first kappa shape index (κ1) is 19.7. The van der Waals surface area contributed by atoms with E-state index in [1.807, 2.05) is 37.4 Å². The number of hydrogen-bond donors (Lipinski definition) is 0. The predicted octanol–water partition coefficient (Wildman–Crippen LogP) is 3.13. The van der Waals surface area contributed by atoms with Crippen LogP contribution in [0.3, 0.4) is 0 Å². The topological polar surface area (TPSA) is 38.8 Å². The molecule has 1 heterocycles. The number of carbonyl (C=O) groups excluding carboxylic acids is 1. The molecule has 142 valence electrons.